The minimum atomic E-state index is -2.30. The summed E-state index contributed by atoms with van der Waals surface area (Å²) in [6.45, 7) is 7.39. The second-order valence-corrected chi connectivity index (χ2v) is 32.5. The zero-order chi connectivity index (χ0) is 76.0. The van der Waals surface area contributed by atoms with Gasteiger partial charge >= 0.3 is 400 Å². The Hall–Kier alpha value is -5.73. The number of aromatic hydroxyl groups is 3. The summed E-state index contributed by atoms with van der Waals surface area (Å²) in [6, 6.07) is 0.791. The van der Waals surface area contributed by atoms with E-state index in [4.69, 9.17) is 57.4 Å². The van der Waals surface area contributed by atoms with E-state index in [1.807, 2.05) is 13.8 Å². The van der Waals surface area contributed by atoms with Crippen LogP contribution in [0.15, 0.2) is 72.8 Å². The van der Waals surface area contributed by atoms with Crippen molar-refractivity contribution >= 4 is 119 Å². The third-order valence-electron chi connectivity index (χ3n) is 19.1. The predicted octanol–water partition coefficient (Wildman–Crippen LogP) is 0.195. The molecule has 32 nitrogen and oxygen atoms in total. The number of nitrogens with two attached hydrogens (primary N) is 1. The van der Waals surface area contributed by atoms with Crippen molar-refractivity contribution in [2.45, 2.75) is 163 Å². The molecule has 0 radical (unpaired) electrons. The summed E-state index contributed by atoms with van der Waals surface area (Å²) >= 11 is 12.9. The first-order chi connectivity index (χ1) is 49.0. The van der Waals surface area contributed by atoms with Gasteiger partial charge in [-0.1, -0.05) is 31.5 Å². The molecule has 550 valence electrons. The van der Waals surface area contributed by atoms with Crippen molar-refractivity contribution < 1.29 is 156 Å². The number of fused-ring (bicyclic) bond motifs is 15. The molecule has 18 unspecified atom stereocenters. The number of nitrogens with one attached hydrogen (secondary N) is 7. The number of hydrogen-bond acceptors (Lipinski definition) is 25. The van der Waals surface area contributed by atoms with Crippen LogP contribution in [0.3, 0.4) is 0 Å². The van der Waals surface area contributed by atoms with Gasteiger partial charge in [0.05, 0.1) is 24.1 Å². The zero-order valence-corrected chi connectivity index (χ0v) is 72.3. The number of carbonyl (C=O) groups excluding carboxylic acids is 8. The molecule has 12 rings (SSSR count). The van der Waals surface area contributed by atoms with Gasteiger partial charge in [0.15, 0.2) is 5.75 Å². The Labute approximate surface area is 673 Å². The van der Waals surface area contributed by atoms with Crippen molar-refractivity contribution in [1.82, 2.24) is 37.6 Å². The minimum absolute atomic E-state index is 0.0294. The molecule has 2 fully saturated rings. The average molecular weight is 1770 g/mol. The molecule has 0 aliphatic carbocycles. The van der Waals surface area contributed by atoms with Crippen LogP contribution in [0.1, 0.15) is 111 Å². The van der Waals surface area contributed by atoms with Crippen molar-refractivity contribution in [3.05, 3.63) is 116 Å². The van der Waals surface area contributed by atoms with Gasteiger partial charge in [-0.25, -0.2) is 0 Å². The van der Waals surface area contributed by atoms with Gasteiger partial charge in [0.1, 0.15) is 48.4 Å². The van der Waals surface area contributed by atoms with Crippen LogP contribution in [0.4, 0.5) is 0 Å². The molecule has 7 aliphatic rings. The van der Waals surface area contributed by atoms with Crippen LogP contribution in [0.5, 0.6) is 46.0 Å². The maximum absolute atomic E-state index is 16.3. The van der Waals surface area contributed by atoms with Gasteiger partial charge in [0.2, 0.25) is 35.7 Å². The molecule has 36 heteroatoms. The van der Waals surface area contributed by atoms with Crippen LogP contribution in [0.25, 0.3) is 11.1 Å². The van der Waals surface area contributed by atoms with Gasteiger partial charge in [-0.2, -0.15) is 0 Å². The number of aliphatic hydroxyl groups excluding tert-OH is 6. The molecule has 2 saturated heterocycles. The number of phenolic OH excluding ortho intramolecular Hbond substituents is 3. The summed E-state index contributed by atoms with van der Waals surface area (Å²) in [4.78, 5) is 122. The van der Waals surface area contributed by atoms with Gasteiger partial charge in [0, 0.05) is 0 Å². The molecule has 11 bridgehead atoms. The molecule has 7 amide bonds. The van der Waals surface area contributed by atoms with E-state index in [1.54, 1.807) is 32.8 Å². The topological polar surface area (TPSA) is 487 Å². The Morgan fingerprint density at radius 3 is 1.95 bits per heavy atom. The number of likely N-dealkylation sites (N-methyl/N-ethyl adjacent to an activating group) is 1. The number of primary amides is 1. The summed E-state index contributed by atoms with van der Waals surface area (Å²) in [6.07, 6.45) is -17.9. The molecular weight excluding hydrogens is 1690 g/mol. The average Bonchev–Trinajstić information content (AvgIpc) is 0.765. The van der Waals surface area contributed by atoms with E-state index in [0.29, 0.717) is 0 Å². The first-order valence-electron chi connectivity index (χ1n) is 33.1. The number of halogens is 2. The number of ether oxygens (including phenoxy) is 6. The van der Waals surface area contributed by atoms with E-state index >= 15 is 19.2 Å². The van der Waals surface area contributed by atoms with Crippen LogP contribution in [-0.4, -0.2) is 246 Å². The van der Waals surface area contributed by atoms with E-state index in [2.05, 4.69) is 32.7 Å². The predicted molar refractivity (Wildman–Crippen MR) is 362 cm³/mol. The summed E-state index contributed by atoms with van der Waals surface area (Å²) in [5.74, 6) is -12.9. The number of benzene rings is 5. The van der Waals surface area contributed by atoms with Gasteiger partial charge in [-0.15, -0.1) is 0 Å². The quantitative estimate of drug-likeness (QED) is 0.0706. The SMILES string of the molecule is Cc1c(O)cc2c(c1O)-c1cc(ccc1O)C1NC(=O)C3NC(=O)C(CC(N)=O)NC(=O)C(NC(=O)C(CC(C)C)N(C)C)C(O)c4ccc(c(Cl)c4)Oc4cc3cc(c4OC3OC(CO)C(O)C(O)C3O)Oc3ccc(cc3Cl)C(OC3CC(C)([NH][RaH])C(O)C(C)O3)C(NC1=O)C(=O)NC2[C](=O)[Rb]. The molecular formula is C68H78Cl2N9O23RaRb. The molecule has 7 heterocycles. The van der Waals surface area contributed by atoms with E-state index in [0.717, 1.165) is 36.4 Å². The number of aliphatic hydroxyl groups is 6. The monoisotopic (exact) mass is 1770 g/mol. The van der Waals surface area contributed by atoms with E-state index in [-0.39, 0.29) is 79.2 Å². The molecule has 18 N–H and O–H groups in total. The Kier molecular flexibility index (Phi) is 26.0. The molecule has 18 atom stereocenters. The van der Waals surface area contributed by atoms with Crippen molar-refractivity contribution in [3.63, 3.8) is 0 Å². The second-order valence-electron chi connectivity index (χ2n) is 27.2. The summed E-state index contributed by atoms with van der Waals surface area (Å²) < 4.78 is 41.3. The summed E-state index contributed by atoms with van der Waals surface area (Å²) in [5, 5.41) is 118. The van der Waals surface area contributed by atoms with Crippen molar-refractivity contribution in [3.8, 4) is 57.1 Å². The molecule has 5 aromatic carbocycles. The van der Waals surface area contributed by atoms with Gasteiger partial charge < -0.3 is 56.1 Å². The Morgan fingerprint density at radius 2 is 1.36 bits per heavy atom. The Bertz CT molecular complexity index is 4200. The zero-order valence-electron chi connectivity index (χ0n) is 57.7. The summed E-state index contributed by atoms with van der Waals surface area (Å²) in [5.41, 5.74) is 2.85. The number of phenols is 3. The molecule has 7 aliphatic heterocycles. The van der Waals surface area contributed by atoms with Crippen molar-refractivity contribution in [2.24, 2.45) is 11.7 Å². The number of rotatable bonds is 14. The van der Waals surface area contributed by atoms with Crippen LogP contribution < -0.4 is 52.7 Å². The number of carbonyl (C=O) groups is 8. The van der Waals surface area contributed by atoms with Gasteiger partial charge in [0.25, 0.3) is 0 Å². The molecule has 5 aromatic rings. The van der Waals surface area contributed by atoms with Gasteiger partial charge in [-0.3, -0.25) is 24.1 Å². The number of amides is 7. The normalized spacial score (nSPS) is 29.0. The molecule has 0 saturated carbocycles. The van der Waals surface area contributed by atoms with E-state index < -0.39 is 301 Å². The first-order valence-corrected chi connectivity index (χ1v) is 40.5. The van der Waals surface area contributed by atoms with Crippen LogP contribution >= 0.6 is 23.2 Å². The molecule has 0 spiro atoms. The number of nitrogens with zero attached hydrogens (tertiary/aromatic N) is 1. The fraction of sp³-hybridized carbons (Fsp3) is 0.441. The Balaban J connectivity index is 1.27. The molecule has 0 aromatic heterocycles. The van der Waals surface area contributed by atoms with Crippen molar-refractivity contribution in [1.29, 1.82) is 0 Å². The standard InChI is InChI=1S/C68H77Cl2N9O23.Ra.Rb.H/c1-25(2)14-38(79(6)7)62(92)77-51-54(86)29-9-12-41(34(69)16-29)98-43-18-31-19-44(59(43)102-67-57(89)56(88)55(87)45(24-81)100-67)99-42-13-10-30(17-35(42)70)58(101-47-22-68(5,72)60(90)27(4)97-47)52-66(96)74-37(23-80)32-20-40(83)26(3)53(85)48(32)33-15-28(8-11-39(33)82)49(63(93)78-52)76-64(94)50(31)75-61(91)36(21-46(71)84)73-65(51)95;;;/h8-13,15-20,25,27,36-38,45,47,49-52,54-58,60,67,72,81-83,85-90H,14,21-22,24H2,1-7H3,(H2,71,84)(H,73,95)(H,74,96)(H,75,91)(H,76,94)(H,77,92)(H,78,93);;;/q-1;+1;;. The van der Waals surface area contributed by atoms with Crippen LogP contribution in [0, 0.1) is 56.0 Å². The third kappa shape index (κ3) is 17.2. The van der Waals surface area contributed by atoms with Gasteiger partial charge in [-0.05, 0) is 56.3 Å². The first kappa shape index (κ1) is 80.8. The second kappa shape index (κ2) is 33.4. The van der Waals surface area contributed by atoms with Crippen LogP contribution in [0.2, 0.25) is 10.0 Å². The fourth-order valence-corrected chi connectivity index (χ4v) is 16.8. The summed E-state index contributed by atoms with van der Waals surface area (Å²) in [7, 11) is 3.22. The van der Waals surface area contributed by atoms with Crippen molar-refractivity contribution in [2.75, 3.05) is 20.7 Å². The van der Waals surface area contributed by atoms with E-state index in [1.165, 1.54) is 43.3 Å². The maximum atomic E-state index is 16.3. The fourth-order valence-electron chi connectivity index (χ4n) is 13.1. The number of hydrogen-bond donors (Lipinski definition) is 17. The molecule has 104 heavy (non-hydrogen) atoms. The third-order valence-corrected chi connectivity index (χ3v) is 25.8. The van der Waals surface area contributed by atoms with E-state index in [9.17, 15) is 65.1 Å². The Morgan fingerprint density at radius 1 is 0.750 bits per heavy atom. The van der Waals surface area contributed by atoms with Crippen LogP contribution in [-0.2, 0) is 52.6 Å².